The van der Waals surface area contributed by atoms with E-state index < -0.39 is 4.92 Å². The zero-order valence-electron chi connectivity index (χ0n) is 16.7. The Hall–Kier alpha value is -3.55. The highest BCUT2D eigenvalue weighted by atomic mass is 16.6. The molecule has 29 heavy (non-hydrogen) atoms. The van der Waals surface area contributed by atoms with E-state index in [4.69, 9.17) is 4.42 Å². The Morgan fingerprint density at radius 2 is 1.83 bits per heavy atom. The van der Waals surface area contributed by atoms with E-state index in [2.05, 4.69) is 31.0 Å². The van der Waals surface area contributed by atoms with Gasteiger partial charge in [0.2, 0.25) is 11.8 Å². The molecule has 1 heterocycles. The Morgan fingerprint density at radius 3 is 2.45 bits per heavy atom. The van der Waals surface area contributed by atoms with Crippen LogP contribution in [0.1, 0.15) is 42.6 Å². The van der Waals surface area contributed by atoms with Gasteiger partial charge >= 0.3 is 0 Å². The third-order valence-electron chi connectivity index (χ3n) is 4.49. The molecule has 0 aliphatic rings. The predicted octanol–water partition coefficient (Wildman–Crippen LogP) is 4.21. The van der Waals surface area contributed by atoms with Crippen molar-refractivity contribution in [3.8, 4) is 11.5 Å². The number of benzene rings is 2. The number of hydrogen-bond acceptors (Lipinski definition) is 6. The minimum atomic E-state index is -0.536. The molecule has 0 spiro atoms. The first kappa shape index (κ1) is 20.2. The molecule has 0 aliphatic heterocycles. The largest absolute Gasteiger partial charge is 0.419 e. The van der Waals surface area contributed by atoms with Gasteiger partial charge in [-0.3, -0.25) is 14.9 Å². The van der Waals surface area contributed by atoms with Gasteiger partial charge in [-0.05, 0) is 29.2 Å². The molecule has 0 N–H and O–H groups in total. The number of non-ortho nitro benzene ring substituents is 1. The van der Waals surface area contributed by atoms with E-state index in [9.17, 15) is 14.9 Å². The summed E-state index contributed by atoms with van der Waals surface area (Å²) in [5.74, 6) is 0.279. The summed E-state index contributed by atoms with van der Waals surface area (Å²) in [5, 5.41) is 19.0. The van der Waals surface area contributed by atoms with Gasteiger partial charge in [0, 0.05) is 30.3 Å². The molecule has 0 radical (unpaired) electrons. The molecule has 0 saturated heterocycles. The summed E-state index contributed by atoms with van der Waals surface area (Å²) in [6, 6.07) is 13.5. The quantitative estimate of drug-likeness (QED) is 0.474. The van der Waals surface area contributed by atoms with E-state index in [-0.39, 0.29) is 35.0 Å². The molecule has 0 bridgehead atoms. The number of nitro benzene ring substituents is 1. The first-order valence-electron chi connectivity index (χ1n) is 9.08. The predicted molar refractivity (Wildman–Crippen MR) is 107 cm³/mol. The molecule has 8 nitrogen and oxygen atoms in total. The van der Waals surface area contributed by atoms with Crippen LogP contribution in [0, 0.1) is 10.1 Å². The van der Waals surface area contributed by atoms with Crippen LogP contribution in [0.15, 0.2) is 52.9 Å². The van der Waals surface area contributed by atoms with Crippen LogP contribution < -0.4 is 0 Å². The molecular formula is C21H22N4O4. The fraction of sp³-hybridized carbons (Fsp3) is 0.286. The Bertz CT molecular complexity index is 1040. The second kappa shape index (κ2) is 7.83. The van der Waals surface area contributed by atoms with Crippen LogP contribution in [0.5, 0.6) is 0 Å². The molecule has 1 amide bonds. The monoisotopic (exact) mass is 394 g/mol. The molecule has 8 heteroatoms. The summed E-state index contributed by atoms with van der Waals surface area (Å²) < 4.78 is 5.69. The summed E-state index contributed by atoms with van der Waals surface area (Å²) in [6.45, 7) is 6.51. The summed E-state index contributed by atoms with van der Waals surface area (Å²) in [7, 11) is 1.57. The zero-order chi connectivity index (χ0) is 21.2. The van der Waals surface area contributed by atoms with Crippen LogP contribution >= 0.6 is 0 Å². The van der Waals surface area contributed by atoms with Gasteiger partial charge in [0.15, 0.2) is 0 Å². The highest BCUT2D eigenvalue weighted by Gasteiger charge is 2.19. The van der Waals surface area contributed by atoms with Crippen molar-refractivity contribution in [1.29, 1.82) is 0 Å². The lowest BCUT2D eigenvalue weighted by atomic mass is 9.87. The third-order valence-corrected chi connectivity index (χ3v) is 4.49. The molecule has 2 aromatic carbocycles. The van der Waals surface area contributed by atoms with E-state index >= 15 is 0 Å². The van der Waals surface area contributed by atoms with E-state index in [1.54, 1.807) is 7.05 Å². The lowest BCUT2D eigenvalue weighted by Gasteiger charge is -2.18. The number of hydrogen-bond donors (Lipinski definition) is 0. The Balaban J connectivity index is 1.72. The lowest BCUT2D eigenvalue weighted by Crippen LogP contribution is -2.26. The van der Waals surface area contributed by atoms with Crippen LogP contribution in [-0.2, 0) is 12.0 Å². The minimum Gasteiger partial charge on any atom is -0.419 e. The number of nitro groups is 1. The van der Waals surface area contributed by atoms with Gasteiger partial charge in [-0.15, -0.1) is 10.2 Å². The molecule has 3 aromatic rings. The average molecular weight is 394 g/mol. The van der Waals surface area contributed by atoms with Gasteiger partial charge in [-0.1, -0.05) is 39.0 Å². The van der Waals surface area contributed by atoms with Crippen LogP contribution in [0.25, 0.3) is 11.5 Å². The fourth-order valence-corrected chi connectivity index (χ4v) is 2.79. The Kier molecular flexibility index (Phi) is 5.45. The summed E-state index contributed by atoms with van der Waals surface area (Å²) >= 11 is 0. The van der Waals surface area contributed by atoms with Crippen molar-refractivity contribution in [2.75, 3.05) is 7.05 Å². The Morgan fingerprint density at radius 1 is 1.14 bits per heavy atom. The van der Waals surface area contributed by atoms with Crippen molar-refractivity contribution in [2.24, 2.45) is 0 Å². The summed E-state index contributed by atoms with van der Waals surface area (Å²) in [4.78, 5) is 24.3. The minimum absolute atomic E-state index is 0.0497. The van der Waals surface area contributed by atoms with E-state index in [0.29, 0.717) is 5.89 Å². The first-order valence-corrected chi connectivity index (χ1v) is 9.08. The summed E-state index contributed by atoms with van der Waals surface area (Å²) in [5.41, 5.74) is 2.13. The van der Waals surface area contributed by atoms with E-state index in [0.717, 1.165) is 5.56 Å². The van der Waals surface area contributed by atoms with E-state index in [1.807, 2.05) is 24.3 Å². The number of rotatable bonds is 5. The second-order valence-corrected chi connectivity index (χ2v) is 7.80. The standard InChI is InChI=1S/C21H22N4O4/c1-21(2,3)16-10-8-14(9-11-16)19-23-22-18(29-19)13-24(4)20(26)15-6-5-7-17(12-15)25(27)28/h5-12H,13H2,1-4H3. The molecule has 0 fully saturated rings. The molecule has 0 atom stereocenters. The van der Waals surface area contributed by atoms with Crippen molar-refractivity contribution >= 4 is 11.6 Å². The summed E-state index contributed by atoms with van der Waals surface area (Å²) in [6.07, 6.45) is 0. The van der Waals surface area contributed by atoms with Crippen LogP contribution in [-0.4, -0.2) is 33.0 Å². The van der Waals surface area contributed by atoms with Gasteiger partial charge < -0.3 is 9.32 Å². The molecular weight excluding hydrogens is 372 g/mol. The van der Waals surface area contributed by atoms with Crippen LogP contribution in [0.3, 0.4) is 0 Å². The van der Waals surface area contributed by atoms with Gasteiger partial charge in [0.25, 0.3) is 11.6 Å². The van der Waals surface area contributed by atoms with Gasteiger partial charge in [-0.25, -0.2) is 0 Å². The lowest BCUT2D eigenvalue weighted by molar-refractivity contribution is -0.384. The topological polar surface area (TPSA) is 102 Å². The first-order chi connectivity index (χ1) is 13.6. The Labute approximate surface area is 168 Å². The zero-order valence-corrected chi connectivity index (χ0v) is 16.7. The maximum Gasteiger partial charge on any atom is 0.270 e. The number of nitrogens with zero attached hydrogens (tertiary/aromatic N) is 4. The van der Waals surface area contributed by atoms with Gasteiger partial charge in [-0.2, -0.15) is 0 Å². The second-order valence-electron chi connectivity index (χ2n) is 7.80. The van der Waals surface area contributed by atoms with Crippen molar-refractivity contribution in [1.82, 2.24) is 15.1 Å². The average Bonchev–Trinajstić information content (AvgIpc) is 3.15. The number of aromatic nitrogens is 2. The fourth-order valence-electron chi connectivity index (χ4n) is 2.79. The molecule has 150 valence electrons. The molecule has 0 saturated carbocycles. The number of amides is 1. The van der Waals surface area contributed by atoms with Crippen LogP contribution in [0.4, 0.5) is 5.69 Å². The normalized spacial score (nSPS) is 11.3. The van der Waals surface area contributed by atoms with Crippen LogP contribution in [0.2, 0.25) is 0 Å². The van der Waals surface area contributed by atoms with Crippen molar-refractivity contribution < 1.29 is 14.1 Å². The third kappa shape index (κ3) is 4.66. The molecule has 1 aromatic heterocycles. The van der Waals surface area contributed by atoms with E-state index in [1.165, 1.54) is 34.7 Å². The smallest absolute Gasteiger partial charge is 0.270 e. The van der Waals surface area contributed by atoms with Gasteiger partial charge in [0.05, 0.1) is 11.5 Å². The highest BCUT2D eigenvalue weighted by Crippen LogP contribution is 2.25. The maximum atomic E-state index is 12.5. The highest BCUT2D eigenvalue weighted by molar-refractivity contribution is 5.94. The SMILES string of the molecule is CN(Cc1nnc(-c2ccc(C(C)(C)C)cc2)o1)C(=O)c1cccc([N+](=O)[O-])c1. The molecule has 0 unspecified atom stereocenters. The number of carbonyl (C=O) groups excluding carboxylic acids is 1. The van der Waals surface area contributed by atoms with Crippen molar-refractivity contribution in [3.63, 3.8) is 0 Å². The molecule has 0 aliphatic carbocycles. The van der Waals surface area contributed by atoms with Crippen molar-refractivity contribution in [3.05, 3.63) is 75.7 Å². The van der Waals surface area contributed by atoms with Crippen molar-refractivity contribution in [2.45, 2.75) is 32.7 Å². The van der Waals surface area contributed by atoms with Gasteiger partial charge in [0.1, 0.15) is 0 Å². The molecule has 3 rings (SSSR count). The number of carbonyl (C=O) groups is 1. The maximum absolute atomic E-state index is 12.5.